The summed E-state index contributed by atoms with van der Waals surface area (Å²) in [5.74, 6) is -1.05. The average molecular weight is 452 g/mol. The number of fused-ring (bicyclic) bond motifs is 2. The fraction of sp³-hybridized carbons (Fsp3) is 0.500. The first-order chi connectivity index (χ1) is 14.5. The van der Waals surface area contributed by atoms with Crippen LogP contribution in [0.15, 0.2) is 35.4 Å². The van der Waals surface area contributed by atoms with Gasteiger partial charge in [0.05, 0.1) is 11.7 Å². The van der Waals surface area contributed by atoms with E-state index in [0.29, 0.717) is 6.04 Å². The number of carboxylic acid groups (broad SMARTS) is 2. The van der Waals surface area contributed by atoms with Gasteiger partial charge in [0.1, 0.15) is 6.10 Å². The second-order valence-corrected chi connectivity index (χ2v) is 8.92. The van der Waals surface area contributed by atoms with Gasteiger partial charge < -0.3 is 14.9 Å². The van der Waals surface area contributed by atoms with Crippen molar-refractivity contribution >= 4 is 35.4 Å². The number of aromatic nitrogens is 2. The van der Waals surface area contributed by atoms with Crippen LogP contribution < -0.4 is 4.74 Å². The van der Waals surface area contributed by atoms with Gasteiger partial charge >= 0.3 is 11.9 Å². The normalized spacial score (nSPS) is 22.4. The highest BCUT2D eigenvalue weighted by atomic mass is 32.2. The summed E-state index contributed by atoms with van der Waals surface area (Å²) in [6.45, 7) is 4.41. The van der Waals surface area contributed by atoms with Crippen LogP contribution in [-0.4, -0.2) is 60.2 Å². The molecule has 2 fully saturated rings. The molecule has 3 unspecified atom stereocenters. The maximum Gasteiger partial charge on any atom is 0.414 e. The predicted molar refractivity (Wildman–Crippen MR) is 114 cm³/mol. The van der Waals surface area contributed by atoms with E-state index < -0.39 is 11.9 Å². The molecule has 8 nitrogen and oxygen atoms in total. The number of ether oxygens (including phenoxy) is 1. The topological polar surface area (TPSA) is 113 Å². The van der Waals surface area contributed by atoms with Crippen molar-refractivity contribution in [1.82, 2.24) is 13.6 Å². The fourth-order valence-corrected chi connectivity index (χ4v) is 5.26. The zero-order chi connectivity index (χ0) is 21.5. The van der Waals surface area contributed by atoms with E-state index in [1.807, 2.05) is 0 Å². The largest absolute Gasteiger partial charge is 0.473 e. The summed E-state index contributed by atoms with van der Waals surface area (Å²) in [7, 11) is 0. The lowest BCUT2D eigenvalue weighted by Crippen LogP contribution is -2.43. The molecule has 1 saturated carbocycles. The molecule has 2 aromatic rings. The summed E-state index contributed by atoms with van der Waals surface area (Å²) >= 11 is 3.02. The molecule has 2 aliphatic rings. The average Bonchev–Trinajstić information content (AvgIpc) is 3.44. The van der Waals surface area contributed by atoms with Crippen LogP contribution in [-0.2, 0) is 16.1 Å². The summed E-state index contributed by atoms with van der Waals surface area (Å²) < 4.78 is 15.1. The minimum Gasteiger partial charge on any atom is -0.473 e. The molecule has 0 amide bonds. The fourth-order valence-electron chi connectivity index (χ4n) is 3.88. The van der Waals surface area contributed by atoms with Gasteiger partial charge in [-0.25, -0.2) is 9.59 Å². The third-order valence-corrected chi connectivity index (χ3v) is 6.86. The second kappa shape index (κ2) is 10.7. The van der Waals surface area contributed by atoms with E-state index in [1.54, 1.807) is 11.8 Å². The number of thioether (sulfide) groups is 1. The maximum absolute atomic E-state index is 9.10. The van der Waals surface area contributed by atoms with E-state index in [2.05, 4.69) is 50.9 Å². The summed E-state index contributed by atoms with van der Waals surface area (Å²) in [6.07, 6.45) is 3.82. The van der Waals surface area contributed by atoms with E-state index >= 15 is 0 Å². The smallest absolute Gasteiger partial charge is 0.414 e. The molecule has 2 heterocycles. The molecule has 10 heteroatoms. The maximum atomic E-state index is 9.10. The van der Waals surface area contributed by atoms with Crippen LogP contribution in [0.3, 0.4) is 0 Å². The van der Waals surface area contributed by atoms with Crippen LogP contribution in [0.25, 0.3) is 0 Å². The number of aliphatic carboxylic acids is 2. The van der Waals surface area contributed by atoms with Gasteiger partial charge in [0.25, 0.3) is 5.88 Å². The first-order valence-electron chi connectivity index (χ1n) is 9.84. The van der Waals surface area contributed by atoms with Crippen molar-refractivity contribution in [1.29, 1.82) is 0 Å². The summed E-state index contributed by atoms with van der Waals surface area (Å²) in [6, 6.07) is 11.3. The number of likely N-dealkylation sites (tertiary alicyclic amines) is 1. The molecule has 4 rings (SSSR count). The molecule has 1 aliphatic heterocycles. The van der Waals surface area contributed by atoms with Gasteiger partial charge in [-0.15, -0.1) is 4.37 Å². The zero-order valence-electron chi connectivity index (χ0n) is 16.6. The lowest BCUT2D eigenvalue weighted by molar-refractivity contribution is -0.159. The summed E-state index contributed by atoms with van der Waals surface area (Å²) in [4.78, 5) is 20.8. The van der Waals surface area contributed by atoms with Gasteiger partial charge in [-0.2, -0.15) is 4.37 Å². The number of hydrogen-bond acceptors (Lipinski definition) is 8. The van der Waals surface area contributed by atoms with Gasteiger partial charge in [-0.05, 0) is 36.5 Å². The van der Waals surface area contributed by atoms with Crippen LogP contribution in [0.4, 0.5) is 0 Å². The Morgan fingerprint density at radius 3 is 2.57 bits per heavy atom. The van der Waals surface area contributed by atoms with Crippen molar-refractivity contribution in [2.24, 2.45) is 5.92 Å². The first kappa shape index (κ1) is 22.5. The molecule has 1 aromatic heterocycles. The third-order valence-electron chi connectivity index (χ3n) is 5.08. The van der Waals surface area contributed by atoms with Crippen molar-refractivity contribution in [3.8, 4) is 5.88 Å². The SMILES string of the molecule is CCCSc1nsnc1OC1CC2CC1N(Cc1ccccc1)C2.O=C(O)C(=O)O. The number of piperidine rings is 1. The van der Waals surface area contributed by atoms with Crippen LogP contribution in [0, 0.1) is 5.92 Å². The summed E-state index contributed by atoms with van der Waals surface area (Å²) in [5, 5.41) is 15.8. The Kier molecular flexibility index (Phi) is 8.06. The Hall–Kier alpha value is -2.17. The zero-order valence-corrected chi connectivity index (χ0v) is 18.3. The van der Waals surface area contributed by atoms with Crippen molar-refractivity contribution in [3.63, 3.8) is 0 Å². The van der Waals surface area contributed by atoms with Crippen molar-refractivity contribution in [2.45, 2.75) is 49.9 Å². The molecular weight excluding hydrogens is 426 g/mol. The Morgan fingerprint density at radius 2 is 1.93 bits per heavy atom. The molecule has 2 bridgehead atoms. The number of carboxylic acids is 2. The highest BCUT2D eigenvalue weighted by Gasteiger charge is 2.46. The Balaban J connectivity index is 0.000000377. The van der Waals surface area contributed by atoms with Crippen molar-refractivity contribution in [3.05, 3.63) is 35.9 Å². The van der Waals surface area contributed by atoms with Crippen molar-refractivity contribution in [2.75, 3.05) is 12.3 Å². The van der Waals surface area contributed by atoms with Gasteiger partial charge in [-0.3, -0.25) is 4.90 Å². The minimum absolute atomic E-state index is 0.261. The highest BCUT2D eigenvalue weighted by molar-refractivity contribution is 7.99. The molecule has 1 saturated heterocycles. The first-order valence-corrected chi connectivity index (χ1v) is 11.6. The van der Waals surface area contributed by atoms with Gasteiger partial charge in [-0.1, -0.05) is 49.0 Å². The molecule has 0 radical (unpaired) electrons. The molecule has 0 spiro atoms. The van der Waals surface area contributed by atoms with E-state index in [1.165, 1.54) is 30.3 Å². The molecule has 3 atom stereocenters. The van der Waals surface area contributed by atoms with Gasteiger partial charge in [0.15, 0.2) is 5.03 Å². The number of benzene rings is 1. The minimum atomic E-state index is -1.82. The van der Waals surface area contributed by atoms with Gasteiger partial charge in [0, 0.05) is 19.1 Å². The van der Waals surface area contributed by atoms with E-state index in [0.717, 1.165) is 42.0 Å². The molecule has 2 N–H and O–H groups in total. The van der Waals surface area contributed by atoms with E-state index in [9.17, 15) is 0 Å². The van der Waals surface area contributed by atoms with Crippen LogP contribution in [0.1, 0.15) is 31.7 Å². The molecule has 30 heavy (non-hydrogen) atoms. The number of hydrogen-bond donors (Lipinski definition) is 2. The Bertz CT molecular complexity index is 836. The standard InChI is InChI=1S/C18H23N3OS2.C2H2O4/c1-2-8-23-18-17(19-24-20-18)22-16-10-14-9-15(16)21(12-14)11-13-6-4-3-5-7-13;3-1(4)2(5)6/h3-7,14-16H,2,8-12H2,1H3;(H,3,4)(H,5,6). The van der Waals surface area contributed by atoms with Crippen molar-refractivity contribution < 1.29 is 24.5 Å². The lowest BCUT2D eigenvalue weighted by Gasteiger charge is -2.33. The van der Waals surface area contributed by atoms with Crippen LogP contribution in [0.5, 0.6) is 5.88 Å². The molecule has 1 aromatic carbocycles. The monoisotopic (exact) mass is 451 g/mol. The molecule has 162 valence electrons. The second-order valence-electron chi connectivity index (χ2n) is 7.31. The van der Waals surface area contributed by atoms with E-state index in [4.69, 9.17) is 24.5 Å². The number of carbonyl (C=O) groups is 2. The summed E-state index contributed by atoms with van der Waals surface area (Å²) in [5.41, 5.74) is 1.39. The Labute approximate surface area is 183 Å². The Morgan fingerprint density at radius 1 is 1.20 bits per heavy atom. The lowest BCUT2D eigenvalue weighted by atomic mass is 10.1. The predicted octanol–water partition coefficient (Wildman–Crippen LogP) is 3.24. The number of nitrogens with zero attached hydrogens (tertiary/aromatic N) is 3. The van der Waals surface area contributed by atoms with Crippen LogP contribution >= 0.6 is 23.5 Å². The molecular formula is C20H25N3O5S2. The third kappa shape index (κ3) is 5.93. The van der Waals surface area contributed by atoms with Crippen LogP contribution in [0.2, 0.25) is 0 Å². The molecule has 1 aliphatic carbocycles. The number of rotatable bonds is 7. The van der Waals surface area contributed by atoms with E-state index in [-0.39, 0.29) is 6.10 Å². The quantitative estimate of drug-likeness (QED) is 0.484. The highest BCUT2D eigenvalue weighted by Crippen LogP contribution is 2.41. The van der Waals surface area contributed by atoms with Gasteiger partial charge in [0.2, 0.25) is 0 Å².